The highest BCUT2D eigenvalue weighted by Gasteiger charge is 2.19. The van der Waals surface area contributed by atoms with E-state index in [0.29, 0.717) is 11.8 Å². The fourth-order valence-electron chi connectivity index (χ4n) is 1.96. The molecule has 1 aliphatic rings. The quantitative estimate of drug-likeness (QED) is 0.800. The van der Waals surface area contributed by atoms with Crippen molar-refractivity contribution < 1.29 is 4.79 Å². The van der Waals surface area contributed by atoms with Crippen molar-refractivity contribution in [3.05, 3.63) is 34.3 Å². The number of ketones is 1. The Labute approximate surface area is 115 Å². The van der Waals surface area contributed by atoms with E-state index in [0.717, 1.165) is 28.9 Å². The number of hydrogen-bond donors (Lipinski definition) is 0. The number of carbonyl (C=O) groups is 1. The van der Waals surface area contributed by atoms with Crippen molar-refractivity contribution in [3.8, 4) is 0 Å². The van der Waals surface area contributed by atoms with E-state index in [9.17, 15) is 4.79 Å². The lowest BCUT2D eigenvalue weighted by atomic mass is 10.1. The Morgan fingerprint density at radius 2 is 2.18 bits per heavy atom. The van der Waals surface area contributed by atoms with E-state index >= 15 is 0 Å². The Kier molecular flexibility index (Phi) is 4.65. The van der Waals surface area contributed by atoms with Crippen molar-refractivity contribution in [1.29, 1.82) is 0 Å². The molecule has 1 fully saturated rings. The predicted molar refractivity (Wildman–Crippen MR) is 76.8 cm³/mol. The summed E-state index contributed by atoms with van der Waals surface area (Å²) in [5.41, 5.74) is 0.805. The van der Waals surface area contributed by atoms with E-state index < -0.39 is 0 Å². The molecule has 0 radical (unpaired) electrons. The third kappa shape index (κ3) is 3.83. The zero-order valence-corrected chi connectivity index (χ0v) is 12.3. The largest absolute Gasteiger partial charge is 0.294 e. The molecule has 0 saturated carbocycles. The van der Waals surface area contributed by atoms with E-state index in [4.69, 9.17) is 0 Å². The Morgan fingerprint density at radius 1 is 1.47 bits per heavy atom. The maximum absolute atomic E-state index is 12.1. The van der Waals surface area contributed by atoms with Crippen LogP contribution in [0.25, 0.3) is 0 Å². The van der Waals surface area contributed by atoms with E-state index in [-0.39, 0.29) is 5.78 Å². The third-order valence-corrected chi connectivity index (χ3v) is 4.52. The summed E-state index contributed by atoms with van der Waals surface area (Å²) in [6.45, 7) is 4.82. The van der Waals surface area contributed by atoms with Crippen LogP contribution in [-0.4, -0.2) is 41.3 Å². The van der Waals surface area contributed by atoms with Gasteiger partial charge >= 0.3 is 0 Å². The maximum atomic E-state index is 12.1. The van der Waals surface area contributed by atoms with Crippen LogP contribution >= 0.6 is 27.7 Å². The van der Waals surface area contributed by atoms with Crippen molar-refractivity contribution in [1.82, 2.24) is 4.90 Å². The zero-order chi connectivity index (χ0) is 12.3. The fourth-order valence-corrected chi connectivity index (χ4v) is 3.31. The van der Waals surface area contributed by atoms with Crippen LogP contribution in [-0.2, 0) is 0 Å². The summed E-state index contributed by atoms with van der Waals surface area (Å²) in [6, 6.07) is 7.60. The SMILES string of the molecule is CC1CN(CC(=O)c2ccc(Br)cc2)CCS1. The lowest BCUT2D eigenvalue weighted by Crippen LogP contribution is -2.39. The van der Waals surface area contributed by atoms with Gasteiger partial charge in [-0.25, -0.2) is 0 Å². The Hall–Kier alpha value is -0.320. The highest BCUT2D eigenvalue weighted by atomic mass is 79.9. The first-order valence-corrected chi connectivity index (χ1v) is 7.62. The number of hydrogen-bond acceptors (Lipinski definition) is 3. The van der Waals surface area contributed by atoms with Crippen LogP contribution in [0.5, 0.6) is 0 Å². The van der Waals surface area contributed by atoms with Gasteiger partial charge in [-0.15, -0.1) is 0 Å². The number of carbonyl (C=O) groups excluding carboxylic acids is 1. The number of rotatable bonds is 3. The first-order valence-electron chi connectivity index (χ1n) is 5.78. The molecule has 1 atom stereocenters. The van der Waals surface area contributed by atoms with Crippen molar-refractivity contribution in [2.24, 2.45) is 0 Å². The maximum Gasteiger partial charge on any atom is 0.176 e. The molecule has 0 amide bonds. The Balaban J connectivity index is 1.94. The highest BCUT2D eigenvalue weighted by Crippen LogP contribution is 2.18. The van der Waals surface area contributed by atoms with Gasteiger partial charge in [0.25, 0.3) is 0 Å². The summed E-state index contributed by atoms with van der Waals surface area (Å²) in [4.78, 5) is 14.3. The van der Waals surface area contributed by atoms with E-state index in [1.165, 1.54) is 0 Å². The lowest BCUT2D eigenvalue weighted by molar-refractivity contribution is 0.0934. The topological polar surface area (TPSA) is 20.3 Å². The molecule has 0 aromatic heterocycles. The van der Waals surface area contributed by atoms with Crippen LogP contribution < -0.4 is 0 Å². The third-order valence-electron chi connectivity index (χ3n) is 2.86. The van der Waals surface area contributed by atoms with E-state index in [1.807, 2.05) is 36.0 Å². The summed E-state index contributed by atoms with van der Waals surface area (Å²) in [6.07, 6.45) is 0. The number of benzene rings is 1. The molecule has 2 rings (SSSR count). The second kappa shape index (κ2) is 6.03. The van der Waals surface area contributed by atoms with Gasteiger partial charge in [0, 0.05) is 34.1 Å². The van der Waals surface area contributed by atoms with Gasteiger partial charge in [-0.2, -0.15) is 11.8 Å². The van der Waals surface area contributed by atoms with Gasteiger partial charge in [0.15, 0.2) is 5.78 Å². The molecule has 0 spiro atoms. The molecule has 1 aromatic carbocycles. The molecule has 1 aromatic rings. The zero-order valence-electron chi connectivity index (χ0n) is 9.86. The highest BCUT2D eigenvalue weighted by molar-refractivity contribution is 9.10. The first-order chi connectivity index (χ1) is 8.15. The molecule has 2 nitrogen and oxygen atoms in total. The van der Waals surface area contributed by atoms with Crippen molar-refractivity contribution in [3.63, 3.8) is 0 Å². The van der Waals surface area contributed by atoms with Gasteiger partial charge in [0.1, 0.15) is 0 Å². The predicted octanol–water partition coefficient (Wildman–Crippen LogP) is 3.07. The van der Waals surface area contributed by atoms with Gasteiger partial charge < -0.3 is 0 Å². The van der Waals surface area contributed by atoms with Crippen LogP contribution in [0.2, 0.25) is 0 Å². The van der Waals surface area contributed by atoms with Gasteiger partial charge in [0.05, 0.1) is 6.54 Å². The Morgan fingerprint density at radius 3 is 2.82 bits per heavy atom. The molecule has 0 aliphatic carbocycles. The van der Waals surface area contributed by atoms with Gasteiger partial charge in [-0.3, -0.25) is 9.69 Å². The molecule has 0 N–H and O–H groups in total. The van der Waals surface area contributed by atoms with Crippen LogP contribution in [0.1, 0.15) is 17.3 Å². The molecule has 1 aliphatic heterocycles. The minimum absolute atomic E-state index is 0.219. The summed E-state index contributed by atoms with van der Waals surface area (Å²) < 4.78 is 1.01. The molecule has 92 valence electrons. The number of thioether (sulfide) groups is 1. The Bertz CT molecular complexity index is 393. The van der Waals surface area contributed by atoms with E-state index in [1.54, 1.807) is 0 Å². The smallest absolute Gasteiger partial charge is 0.176 e. The molecule has 17 heavy (non-hydrogen) atoms. The minimum atomic E-state index is 0.219. The molecule has 0 bridgehead atoms. The number of halogens is 1. The molecular formula is C13H16BrNOS. The number of nitrogens with zero attached hydrogens (tertiary/aromatic N) is 1. The van der Waals surface area contributed by atoms with Gasteiger partial charge in [0.2, 0.25) is 0 Å². The van der Waals surface area contributed by atoms with Crippen LogP contribution in [0, 0.1) is 0 Å². The first kappa shape index (κ1) is 13.1. The van der Waals surface area contributed by atoms with Crippen molar-refractivity contribution >= 4 is 33.5 Å². The second-order valence-corrected chi connectivity index (χ2v) is 6.81. The number of Topliss-reactive ketones (excluding diaryl/α,β-unsaturated/α-hetero) is 1. The van der Waals surface area contributed by atoms with Crippen LogP contribution in [0.3, 0.4) is 0 Å². The van der Waals surface area contributed by atoms with Crippen LogP contribution in [0.4, 0.5) is 0 Å². The summed E-state index contributed by atoms with van der Waals surface area (Å²) >= 11 is 5.36. The molecule has 4 heteroatoms. The normalized spacial score (nSPS) is 21.4. The fraction of sp³-hybridized carbons (Fsp3) is 0.462. The summed E-state index contributed by atoms with van der Waals surface area (Å²) in [5, 5.41) is 0.640. The average Bonchev–Trinajstić information content (AvgIpc) is 2.29. The van der Waals surface area contributed by atoms with E-state index in [2.05, 4.69) is 27.8 Å². The minimum Gasteiger partial charge on any atom is -0.294 e. The van der Waals surface area contributed by atoms with Crippen molar-refractivity contribution in [2.45, 2.75) is 12.2 Å². The van der Waals surface area contributed by atoms with Crippen molar-refractivity contribution in [2.75, 3.05) is 25.4 Å². The summed E-state index contributed by atoms with van der Waals surface area (Å²) in [7, 11) is 0. The van der Waals surface area contributed by atoms with Gasteiger partial charge in [-0.05, 0) is 12.1 Å². The standard InChI is InChI=1S/C13H16BrNOS/c1-10-8-15(6-7-17-10)9-13(16)11-2-4-12(14)5-3-11/h2-5,10H,6-9H2,1H3. The van der Waals surface area contributed by atoms with Gasteiger partial charge in [-0.1, -0.05) is 35.0 Å². The molecule has 1 unspecified atom stereocenters. The molecule has 1 saturated heterocycles. The molecular weight excluding hydrogens is 298 g/mol. The monoisotopic (exact) mass is 313 g/mol. The molecule has 1 heterocycles. The second-order valence-electron chi connectivity index (χ2n) is 4.35. The lowest BCUT2D eigenvalue weighted by Gasteiger charge is -2.29. The summed E-state index contributed by atoms with van der Waals surface area (Å²) in [5.74, 6) is 1.35. The average molecular weight is 314 g/mol. The van der Waals surface area contributed by atoms with Crippen LogP contribution in [0.15, 0.2) is 28.7 Å².